The van der Waals surface area contributed by atoms with E-state index in [-0.39, 0.29) is 25.0 Å². The number of para-hydroxylation sites is 1. The fourth-order valence-corrected chi connectivity index (χ4v) is 1.36. The molecule has 0 heterocycles. The Balaban J connectivity index is 2.40. The molecule has 0 atom stereocenters. The molecule has 0 spiro atoms. The van der Waals surface area contributed by atoms with E-state index in [1.54, 1.807) is 24.3 Å². The fraction of sp³-hybridized carbons (Fsp3) is 0.385. The van der Waals surface area contributed by atoms with Crippen molar-refractivity contribution < 1.29 is 14.3 Å². The van der Waals surface area contributed by atoms with E-state index in [1.807, 2.05) is 13.8 Å². The molecule has 0 aromatic heterocycles. The normalized spacial score (nSPS) is 10.1. The van der Waals surface area contributed by atoms with Crippen LogP contribution >= 0.6 is 0 Å². The van der Waals surface area contributed by atoms with Crippen molar-refractivity contribution >= 4 is 12.2 Å². The van der Waals surface area contributed by atoms with Crippen LogP contribution in [0.4, 0.5) is 0 Å². The molecule has 4 heteroatoms. The first-order valence-corrected chi connectivity index (χ1v) is 5.60. The number of amides is 1. The molecule has 92 valence electrons. The predicted molar refractivity (Wildman–Crippen MR) is 65.2 cm³/mol. The van der Waals surface area contributed by atoms with Crippen LogP contribution in [0.1, 0.15) is 30.6 Å². The number of rotatable bonds is 6. The van der Waals surface area contributed by atoms with Crippen molar-refractivity contribution in [2.75, 3.05) is 6.61 Å². The lowest BCUT2D eigenvalue weighted by Crippen LogP contribution is -2.31. The largest absolute Gasteiger partial charge is 0.492 e. The second kappa shape index (κ2) is 6.68. The summed E-state index contributed by atoms with van der Waals surface area (Å²) in [4.78, 5) is 22.0. The molecule has 1 aromatic rings. The number of aldehydes is 1. The van der Waals surface area contributed by atoms with Gasteiger partial charge >= 0.3 is 0 Å². The van der Waals surface area contributed by atoms with Gasteiger partial charge in [0, 0.05) is 6.04 Å². The molecular formula is C13H17NO3. The van der Waals surface area contributed by atoms with Crippen LogP contribution in [-0.4, -0.2) is 24.8 Å². The zero-order valence-electron chi connectivity index (χ0n) is 10.1. The third-order valence-electron chi connectivity index (χ3n) is 2.08. The number of hydrogen-bond acceptors (Lipinski definition) is 3. The topological polar surface area (TPSA) is 55.4 Å². The van der Waals surface area contributed by atoms with Crippen molar-refractivity contribution in [3.8, 4) is 5.75 Å². The lowest BCUT2D eigenvalue weighted by Gasteiger charge is -2.10. The first-order chi connectivity index (χ1) is 8.13. The quantitative estimate of drug-likeness (QED) is 0.765. The third kappa shape index (κ3) is 4.68. The van der Waals surface area contributed by atoms with Crippen LogP contribution in [0.3, 0.4) is 0 Å². The van der Waals surface area contributed by atoms with Gasteiger partial charge in [-0.05, 0) is 26.0 Å². The first-order valence-electron chi connectivity index (χ1n) is 5.60. The van der Waals surface area contributed by atoms with Gasteiger partial charge in [-0.15, -0.1) is 0 Å². The minimum Gasteiger partial charge on any atom is -0.492 e. The molecule has 0 aliphatic carbocycles. The average molecular weight is 235 g/mol. The molecule has 0 saturated carbocycles. The number of hydrogen-bond donors (Lipinski definition) is 1. The summed E-state index contributed by atoms with van der Waals surface area (Å²) >= 11 is 0. The Morgan fingerprint density at radius 3 is 2.76 bits per heavy atom. The molecule has 0 bridgehead atoms. The lowest BCUT2D eigenvalue weighted by molar-refractivity contribution is -0.122. The Hall–Kier alpha value is -1.84. The summed E-state index contributed by atoms with van der Waals surface area (Å²) in [5, 5.41) is 2.77. The Morgan fingerprint density at radius 1 is 1.41 bits per heavy atom. The summed E-state index contributed by atoms with van der Waals surface area (Å²) in [6, 6.07) is 7.07. The van der Waals surface area contributed by atoms with E-state index in [9.17, 15) is 9.59 Å². The summed E-state index contributed by atoms with van der Waals surface area (Å²) < 4.78 is 5.39. The molecule has 0 aliphatic rings. The van der Waals surface area contributed by atoms with Crippen molar-refractivity contribution in [3.05, 3.63) is 29.8 Å². The molecular weight excluding hydrogens is 218 g/mol. The molecule has 0 fully saturated rings. The van der Waals surface area contributed by atoms with Gasteiger partial charge in [-0.25, -0.2) is 0 Å². The highest BCUT2D eigenvalue weighted by atomic mass is 16.5. The van der Waals surface area contributed by atoms with Crippen LogP contribution in [0, 0.1) is 0 Å². The van der Waals surface area contributed by atoms with Crippen LogP contribution in [0.25, 0.3) is 0 Å². The summed E-state index contributed by atoms with van der Waals surface area (Å²) in [6.07, 6.45) is 1.02. The zero-order valence-corrected chi connectivity index (χ0v) is 10.1. The molecule has 4 nitrogen and oxygen atoms in total. The van der Waals surface area contributed by atoms with Gasteiger partial charge in [-0.2, -0.15) is 0 Å². The van der Waals surface area contributed by atoms with Crippen LogP contribution in [0.5, 0.6) is 5.75 Å². The number of carbonyl (C=O) groups is 2. The predicted octanol–water partition coefficient (Wildman–Crippen LogP) is 1.79. The van der Waals surface area contributed by atoms with E-state index in [1.165, 1.54) is 0 Å². The standard InChI is InChI=1S/C13H17NO3/c1-10(2)14-13(16)7-8-17-12-6-4-3-5-11(12)9-15/h3-6,9-10H,7-8H2,1-2H3,(H,14,16). The smallest absolute Gasteiger partial charge is 0.223 e. The summed E-state index contributed by atoms with van der Waals surface area (Å²) in [5.41, 5.74) is 0.497. The van der Waals surface area contributed by atoms with Gasteiger partial charge in [0.15, 0.2) is 6.29 Å². The average Bonchev–Trinajstić information content (AvgIpc) is 2.28. The monoisotopic (exact) mass is 235 g/mol. The maximum absolute atomic E-state index is 11.3. The van der Waals surface area contributed by atoms with E-state index in [0.29, 0.717) is 11.3 Å². The molecule has 1 N–H and O–H groups in total. The third-order valence-corrected chi connectivity index (χ3v) is 2.08. The van der Waals surface area contributed by atoms with Gasteiger partial charge in [0.05, 0.1) is 18.6 Å². The van der Waals surface area contributed by atoms with E-state index < -0.39 is 0 Å². The van der Waals surface area contributed by atoms with Gasteiger partial charge in [0.2, 0.25) is 5.91 Å². The fourth-order valence-electron chi connectivity index (χ4n) is 1.36. The molecule has 0 radical (unpaired) electrons. The molecule has 17 heavy (non-hydrogen) atoms. The van der Waals surface area contributed by atoms with E-state index in [4.69, 9.17) is 4.74 Å². The van der Waals surface area contributed by atoms with Crippen LogP contribution < -0.4 is 10.1 Å². The Kier molecular flexibility index (Phi) is 5.20. The van der Waals surface area contributed by atoms with Gasteiger partial charge in [-0.3, -0.25) is 9.59 Å². The second-order valence-corrected chi connectivity index (χ2v) is 3.98. The second-order valence-electron chi connectivity index (χ2n) is 3.98. The summed E-state index contributed by atoms with van der Waals surface area (Å²) in [5.74, 6) is 0.462. The van der Waals surface area contributed by atoms with Crippen molar-refractivity contribution in [1.82, 2.24) is 5.32 Å². The Labute approximate surface area is 101 Å². The van der Waals surface area contributed by atoms with Gasteiger partial charge in [0.25, 0.3) is 0 Å². The molecule has 0 saturated heterocycles. The van der Waals surface area contributed by atoms with Gasteiger partial charge < -0.3 is 10.1 Å². The zero-order chi connectivity index (χ0) is 12.7. The van der Waals surface area contributed by atoms with Gasteiger partial charge in [0.1, 0.15) is 5.75 Å². The number of carbonyl (C=O) groups excluding carboxylic acids is 2. The Morgan fingerprint density at radius 2 is 2.12 bits per heavy atom. The van der Waals surface area contributed by atoms with Crippen molar-refractivity contribution in [2.24, 2.45) is 0 Å². The molecule has 0 unspecified atom stereocenters. The summed E-state index contributed by atoms with van der Waals surface area (Å²) in [6.45, 7) is 4.07. The molecule has 0 aliphatic heterocycles. The lowest BCUT2D eigenvalue weighted by atomic mass is 10.2. The minimum absolute atomic E-state index is 0.0522. The molecule has 1 amide bonds. The highest BCUT2D eigenvalue weighted by Crippen LogP contribution is 2.15. The van der Waals surface area contributed by atoms with Crippen molar-refractivity contribution in [1.29, 1.82) is 0 Å². The van der Waals surface area contributed by atoms with E-state index >= 15 is 0 Å². The number of ether oxygens (including phenoxy) is 1. The van der Waals surface area contributed by atoms with E-state index in [0.717, 1.165) is 6.29 Å². The SMILES string of the molecule is CC(C)NC(=O)CCOc1ccccc1C=O. The maximum Gasteiger partial charge on any atom is 0.223 e. The van der Waals surface area contributed by atoms with Crippen LogP contribution in [-0.2, 0) is 4.79 Å². The van der Waals surface area contributed by atoms with E-state index in [2.05, 4.69) is 5.32 Å². The van der Waals surface area contributed by atoms with Crippen LogP contribution in [0.15, 0.2) is 24.3 Å². The van der Waals surface area contributed by atoms with Crippen LogP contribution in [0.2, 0.25) is 0 Å². The van der Waals surface area contributed by atoms with Crippen molar-refractivity contribution in [3.63, 3.8) is 0 Å². The molecule has 1 aromatic carbocycles. The minimum atomic E-state index is -0.0522. The number of benzene rings is 1. The Bertz CT molecular complexity index is 388. The highest BCUT2D eigenvalue weighted by Gasteiger charge is 2.05. The van der Waals surface area contributed by atoms with Crippen molar-refractivity contribution in [2.45, 2.75) is 26.3 Å². The van der Waals surface area contributed by atoms with Gasteiger partial charge in [-0.1, -0.05) is 12.1 Å². The maximum atomic E-state index is 11.3. The highest BCUT2D eigenvalue weighted by molar-refractivity contribution is 5.79. The first kappa shape index (κ1) is 13.2. The molecule has 1 rings (SSSR count). The number of nitrogens with one attached hydrogen (secondary N) is 1. The summed E-state index contributed by atoms with van der Waals surface area (Å²) in [7, 11) is 0.